The van der Waals surface area contributed by atoms with Gasteiger partial charge in [-0.25, -0.2) is 0 Å². The first-order valence-corrected chi connectivity index (χ1v) is 4.16. The Kier molecular flexibility index (Phi) is 2.55. The second kappa shape index (κ2) is 3.44. The summed E-state index contributed by atoms with van der Waals surface area (Å²) in [5.41, 5.74) is 0. The maximum absolute atomic E-state index is 12.1. The highest BCUT2D eigenvalue weighted by molar-refractivity contribution is 7.47. The first-order chi connectivity index (χ1) is 5.24. The van der Waals surface area contributed by atoms with Gasteiger partial charge in [0.2, 0.25) is 5.30 Å². The van der Waals surface area contributed by atoms with Gasteiger partial charge in [-0.2, -0.15) is 0 Å². The van der Waals surface area contributed by atoms with Crippen molar-refractivity contribution in [3.05, 3.63) is 24.3 Å². The van der Waals surface area contributed by atoms with Gasteiger partial charge in [-0.15, -0.1) is 0 Å². The zero-order chi connectivity index (χ0) is 8.27. The molecule has 0 spiro atoms. The van der Waals surface area contributed by atoms with Crippen molar-refractivity contribution >= 4 is 13.4 Å². The zero-order valence-corrected chi connectivity index (χ0v) is 6.85. The van der Waals surface area contributed by atoms with Crippen molar-refractivity contribution in [2.45, 2.75) is 0 Å². The Morgan fingerprint density at radius 2 is 1.91 bits per heavy atom. The Labute approximate surface area is 64.9 Å². The van der Waals surface area contributed by atoms with Gasteiger partial charge in [0.25, 0.3) is 0 Å². The molecule has 0 fully saturated rings. The molecule has 1 aromatic carbocycles. The summed E-state index contributed by atoms with van der Waals surface area (Å²) in [6.45, 7) is 0. The number of methoxy groups -OCH3 is 1. The van der Waals surface area contributed by atoms with Crippen molar-refractivity contribution in [2.75, 3.05) is 7.11 Å². The van der Waals surface area contributed by atoms with Crippen molar-refractivity contribution < 1.29 is 13.5 Å². The van der Waals surface area contributed by atoms with Gasteiger partial charge in [-0.3, -0.25) is 0 Å². The van der Waals surface area contributed by atoms with Crippen LogP contribution in [-0.2, 0) is 4.57 Å². The molecule has 0 aliphatic rings. The highest BCUT2D eigenvalue weighted by Crippen LogP contribution is 2.21. The largest absolute Gasteiger partial charge is 0.597 e. The van der Waals surface area contributed by atoms with Gasteiger partial charge in [0.05, 0.1) is 11.3 Å². The Hall–Kier alpha value is -0.950. The standard InChI is InChI=1S/C7H7FO2P/c1-10-6-2-4-7(5-3-6)11(8)9/h2-5H,1H3/q+1. The quantitative estimate of drug-likeness (QED) is 0.639. The third-order valence-electron chi connectivity index (χ3n) is 1.28. The molecule has 1 aromatic rings. The predicted molar refractivity (Wildman–Crippen MR) is 41.3 cm³/mol. The molecule has 0 bridgehead atoms. The molecule has 4 heteroatoms. The van der Waals surface area contributed by atoms with E-state index in [0.29, 0.717) is 5.75 Å². The van der Waals surface area contributed by atoms with E-state index in [1.54, 1.807) is 12.1 Å². The maximum Gasteiger partial charge on any atom is 0.597 e. The molecule has 2 nitrogen and oxygen atoms in total. The zero-order valence-electron chi connectivity index (χ0n) is 5.95. The van der Waals surface area contributed by atoms with E-state index in [1.165, 1.54) is 19.2 Å². The average molecular weight is 173 g/mol. The first-order valence-electron chi connectivity index (χ1n) is 3.01. The Bertz CT molecular complexity index is 258. The lowest BCUT2D eigenvalue weighted by Gasteiger charge is -1.94. The van der Waals surface area contributed by atoms with E-state index in [4.69, 9.17) is 4.74 Å². The average Bonchev–Trinajstić information content (AvgIpc) is 2.05. The molecular weight excluding hydrogens is 166 g/mol. The van der Waals surface area contributed by atoms with Crippen molar-refractivity contribution in [1.82, 2.24) is 0 Å². The van der Waals surface area contributed by atoms with Crippen LogP contribution in [0.25, 0.3) is 0 Å². The van der Waals surface area contributed by atoms with E-state index in [9.17, 15) is 8.76 Å². The number of ether oxygens (including phenoxy) is 1. The van der Waals surface area contributed by atoms with E-state index in [-0.39, 0.29) is 5.30 Å². The number of rotatable bonds is 2. The van der Waals surface area contributed by atoms with Crippen molar-refractivity contribution in [3.8, 4) is 5.75 Å². The minimum Gasteiger partial charge on any atom is -0.497 e. The maximum atomic E-state index is 12.1. The lowest BCUT2D eigenvalue weighted by Crippen LogP contribution is -1.92. The van der Waals surface area contributed by atoms with Crippen LogP contribution in [0.4, 0.5) is 4.20 Å². The van der Waals surface area contributed by atoms with Gasteiger partial charge in [-0.05, 0) is 28.8 Å². The van der Waals surface area contributed by atoms with Gasteiger partial charge < -0.3 is 4.74 Å². The Balaban J connectivity index is 2.91. The SMILES string of the molecule is COc1ccc([P+](=O)F)cc1. The number of halogens is 1. The summed E-state index contributed by atoms with van der Waals surface area (Å²) in [6.07, 6.45) is 0. The molecule has 1 unspecified atom stereocenters. The van der Waals surface area contributed by atoms with Gasteiger partial charge >= 0.3 is 8.11 Å². The van der Waals surface area contributed by atoms with Gasteiger partial charge in [0.1, 0.15) is 5.75 Å². The molecule has 58 valence electrons. The van der Waals surface area contributed by atoms with Gasteiger partial charge in [0, 0.05) is 0 Å². The van der Waals surface area contributed by atoms with Crippen LogP contribution in [0, 0.1) is 0 Å². The number of benzene rings is 1. The van der Waals surface area contributed by atoms with Crippen LogP contribution >= 0.6 is 8.11 Å². The molecule has 1 atom stereocenters. The van der Waals surface area contributed by atoms with Crippen molar-refractivity contribution in [3.63, 3.8) is 0 Å². The fraction of sp³-hybridized carbons (Fsp3) is 0.143. The third kappa shape index (κ3) is 1.99. The summed E-state index contributed by atoms with van der Waals surface area (Å²) in [5, 5.41) is 0.195. The van der Waals surface area contributed by atoms with Crippen LogP contribution < -0.4 is 10.0 Å². The molecule has 0 saturated carbocycles. The highest BCUT2D eigenvalue weighted by atomic mass is 31.1. The lowest BCUT2D eigenvalue weighted by atomic mass is 10.3. The molecule has 0 amide bonds. The summed E-state index contributed by atoms with van der Waals surface area (Å²) in [7, 11) is -1.20. The minimum atomic E-state index is -2.72. The van der Waals surface area contributed by atoms with Crippen molar-refractivity contribution in [1.29, 1.82) is 0 Å². The lowest BCUT2D eigenvalue weighted by molar-refractivity contribution is 0.415. The van der Waals surface area contributed by atoms with E-state index in [2.05, 4.69) is 0 Å². The van der Waals surface area contributed by atoms with Crippen LogP contribution in [0.15, 0.2) is 24.3 Å². The first kappa shape index (κ1) is 8.15. The minimum absolute atomic E-state index is 0.195. The fourth-order valence-electron chi connectivity index (χ4n) is 0.699. The second-order valence-corrected chi connectivity index (χ2v) is 2.95. The Morgan fingerprint density at radius 3 is 2.27 bits per heavy atom. The summed E-state index contributed by atoms with van der Waals surface area (Å²) in [6, 6.07) is 6.03. The summed E-state index contributed by atoms with van der Waals surface area (Å²) in [4.78, 5) is 0. The Morgan fingerprint density at radius 1 is 1.36 bits per heavy atom. The monoisotopic (exact) mass is 173 g/mol. The van der Waals surface area contributed by atoms with Gasteiger partial charge in [-0.1, -0.05) is 0 Å². The molecule has 1 rings (SSSR count). The molecule has 0 heterocycles. The topological polar surface area (TPSA) is 26.3 Å². The summed E-state index contributed by atoms with van der Waals surface area (Å²) >= 11 is 0. The normalized spacial score (nSPS) is 10.9. The smallest absolute Gasteiger partial charge is 0.497 e. The van der Waals surface area contributed by atoms with E-state index in [0.717, 1.165) is 0 Å². The molecule has 0 radical (unpaired) electrons. The molecule has 0 saturated heterocycles. The van der Waals surface area contributed by atoms with Gasteiger partial charge in [0.15, 0.2) is 0 Å². The van der Waals surface area contributed by atoms with E-state index < -0.39 is 8.11 Å². The van der Waals surface area contributed by atoms with Crippen LogP contribution in [0.1, 0.15) is 0 Å². The van der Waals surface area contributed by atoms with E-state index >= 15 is 0 Å². The third-order valence-corrected chi connectivity index (χ3v) is 1.98. The van der Waals surface area contributed by atoms with E-state index in [1.807, 2.05) is 0 Å². The van der Waals surface area contributed by atoms with Crippen LogP contribution in [0.5, 0.6) is 5.75 Å². The molecule has 0 aromatic heterocycles. The molecular formula is C7H7FO2P+. The number of hydrogen-bond acceptors (Lipinski definition) is 2. The predicted octanol–water partition coefficient (Wildman–Crippen LogP) is 2.03. The number of hydrogen-bond donors (Lipinski definition) is 0. The highest BCUT2D eigenvalue weighted by Gasteiger charge is 2.18. The summed E-state index contributed by atoms with van der Waals surface area (Å²) < 4.78 is 27.3. The molecule has 0 N–H and O–H groups in total. The molecule has 0 aliphatic heterocycles. The molecule has 11 heavy (non-hydrogen) atoms. The van der Waals surface area contributed by atoms with Crippen LogP contribution in [0.2, 0.25) is 0 Å². The van der Waals surface area contributed by atoms with Crippen LogP contribution in [-0.4, -0.2) is 7.11 Å². The fourth-order valence-corrected chi connectivity index (χ4v) is 1.08. The van der Waals surface area contributed by atoms with Crippen molar-refractivity contribution in [2.24, 2.45) is 0 Å². The second-order valence-electron chi connectivity index (χ2n) is 1.94. The molecule has 0 aliphatic carbocycles. The van der Waals surface area contributed by atoms with Crippen LogP contribution in [0.3, 0.4) is 0 Å². The summed E-state index contributed by atoms with van der Waals surface area (Å²) in [5.74, 6) is 0.630.